The van der Waals surface area contributed by atoms with Gasteiger partial charge in [-0.25, -0.2) is 0 Å². The van der Waals surface area contributed by atoms with Crippen molar-refractivity contribution >= 4 is 17.4 Å². The van der Waals surface area contributed by atoms with Crippen LogP contribution in [0.2, 0.25) is 0 Å². The number of ketones is 1. The molecule has 0 radical (unpaired) electrons. The van der Waals surface area contributed by atoms with Crippen molar-refractivity contribution < 1.29 is 19.1 Å². The van der Waals surface area contributed by atoms with Crippen LogP contribution in [0.3, 0.4) is 0 Å². The van der Waals surface area contributed by atoms with Crippen molar-refractivity contribution in [2.45, 2.75) is 20.3 Å². The second-order valence-electron chi connectivity index (χ2n) is 9.15. The predicted molar refractivity (Wildman–Crippen MR) is 139 cm³/mol. The van der Waals surface area contributed by atoms with Crippen LogP contribution in [0.25, 0.3) is 11.1 Å². The lowest BCUT2D eigenvalue weighted by molar-refractivity contribution is 0.0987. The van der Waals surface area contributed by atoms with Crippen LogP contribution in [0.15, 0.2) is 54.6 Å². The summed E-state index contributed by atoms with van der Waals surface area (Å²) in [6.07, 6.45) is 0.773. The van der Waals surface area contributed by atoms with Gasteiger partial charge < -0.3 is 19.3 Å². The van der Waals surface area contributed by atoms with Crippen LogP contribution >= 0.6 is 0 Å². The van der Waals surface area contributed by atoms with Gasteiger partial charge in [-0.2, -0.15) is 0 Å². The molecule has 3 aromatic carbocycles. The van der Waals surface area contributed by atoms with Crippen LogP contribution in [0.1, 0.15) is 38.8 Å². The molecular formula is C29H32N2O4. The molecule has 0 bridgehead atoms. The molecule has 35 heavy (non-hydrogen) atoms. The maximum Gasteiger partial charge on any atom is 0.258 e. The van der Waals surface area contributed by atoms with Crippen molar-refractivity contribution in [1.29, 1.82) is 0 Å². The Morgan fingerprint density at radius 2 is 1.69 bits per heavy atom. The molecule has 4 rings (SSSR count). The van der Waals surface area contributed by atoms with Crippen LogP contribution in [-0.2, 0) is 6.42 Å². The third-order valence-electron chi connectivity index (χ3n) is 6.37. The molecular weight excluding hydrogens is 440 g/mol. The molecule has 0 saturated heterocycles. The first-order chi connectivity index (χ1) is 16.8. The molecule has 0 atom stereocenters. The molecule has 1 amide bonds. The van der Waals surface area contributed by atoms with Gasteiger partial charge >= 0.3 is 0 Å². The third-order valence-corrected chi connectivity index (χ3v) is 6.37. The second-order valence-corrected chi connectivity index (χ2v) is 9.15. The number of rotatable bonds is 8. The Bertz CT molecular complexity index is 1250. The number of anilines is 1. The fourth-order valence-electron chi connectivity index (χ4n) is 4.42. The van der Waals surface area contributed by atoms with E-state index in [-0.39, 0.29) is 11.7 Å². The molecule has 1 heterocycles. The average molecular weight is 473 g/mol. The minimum absolute atomic E-state index is 0.0391. The van der Waals surface area contributed by atoms with Gasteiger partial charge in [-0.1, -0.05) is 30.3 Å². The molecule has 3 aromatic rings. The van der Waals surface area contributed by atoms with Crippen LogP contribution in [-0.4, -0.2) is 57.5 Å². The highest BCUT2D eigenvalue weighted by Crippen LogP contribution is 2.39. The van der Waals surface area contributed by atoms with Crippen LogP contribution in [0.5, 0.6) is 11.5 Å². The van der Waals surface area contributed by atoms with E-state index in [0.717, 1.165) is 46.5 Å². The molecule has 0 aromatic heterocycles. The van der Waals surface area contributed by atoms with E-state index in [0.29, 0.717) is 30.2 Å². The second kappa shape index (κ2) is 10.3. The lowest BCUT2D eigenvalue weighted by atomic mass is 9.97. The summed E-state index contributed by atoms with van der Waals surface area (Å²) < 4.78 is 11.5. The maximum absolute atomic E-state index is 13.4. The van der Waals surface area contributed by atoms with Gasteiger partial charge in [0.1, 0.15) is 6.61 Å². The first kappa shape index (κ1) is 24.5. The number of ether oxygens (including phenoxy) is 2. The Balaban J connectivity index is 1.55. The monoisotopic (exact) mass is 472 g/mol. The lowest BCUT2D eigenvalue weighted by Gasteiger charge is -2.20. The molecule has 0 N–H and O–H groups in total. The molecule has 0 spiro atoms. The van der Waals surface area contributed by atoms with Crippen molar-refractivity contribution in [3.63, 3.8) is 0 Å². The normalized spacial score (nSPS) is 12.6. The molecule has 6 nitrogen and oxygen atoms in total. The van der Waals surface area contributed by atoms with Crippen molar-refractivity contribution in [2.24, 2.45) is 0 Å². The van der Waals surface area contributed by atoms with E-state index in [2.05, 4.69) is 4.90 Å². The Hall–Kier alpha value is -3.64. The summed E-state index contributed by atoms with van der Waals surface area (Å²) in [6.45, 7) is 5.45. The first-order valence-electron chi connectivity index (χ1n) is 11.8. The number of carbonyl (C=O) groups is 2. The van der Waals surface area contributed by atoms with Gasteiger partial charge in [-0.3, -0.25) is 9.59 Å². The summed E-state index contributed by atoms with van der Waals surface area (Å²) in [5, 5.41) is 0. The topological polar surface area (TPSA) is 59.1 Å². The Labute approximate surface area is 207 Å². The van der Waals surface area contributed by atoms with Gasteiger partial charge in [0.25, 0.3) is 5.91 Å². The molecule has 182 valence electrons. The molecule has 0 unspecified atom stereocenters. The minimum atomic E-state index is -0.0391. The van der Waals surface area contributed by atoms with E-state index in [1.165, 1.54) is 0 Å². The van der Waals surface area contributed by atoms with Gasteiger partial charge in [0.05, 0.1) is 12.8 Å². The molecule has 0 fully saturated rings. The molecule has 1 aliphatic rings. The summed E-state index contributed by atoms with van der Waals surface area (Å²) >= 11 is 0. The van der Waals surface area contributed by atoms with Gasteiger partial charge in [-0.05, 0) is 74.8 Å². The fraction of sp³-hybridized carbons (Fsp3) is 0.310. The number of likely N-dealkylation sites (N-methyl/N-ethyl adjacent to an activating group) is 1. The zero-order chi connectivity index (χ0) is 25.1. The zero-order valence-corrected chi connectivity index (χ0v) is 21.1. The number of nitrogens with zero attached hydrogens (tertiary/aromatic N) is 2. The van der Waals surface area contributed by atoms with E-state index < -0.39 is 0 Å². The van der Waals surface area contributed by atoms with Crippen molar-refractivity contribution in [3.8, 4) is 22.6 Å². The number of Topliss-reactive ketones (excluding diaryl/α,β-unsaturated/α-hetero) is 1. The summed E-state index contributed by atoms with van der Waals surface area (Å²) in [4.78, 5) is 29.0. The highest BCUT2D eigenvalue weighted by molar-refractivity contribution is 6.07. The molecule has 0 aliphatic carbocycles. The van der Waals surface area contributed by atoms with E-state index in [1.807, 2.05) is 80.5 Å². The van der Waals surface area contributed by atoms with Gasteiger partial charge in [0.15, 0.2) is 17.3 Å². The van der Waals surface area contributed by atoms with Crippen LogP contribution < -0.4 is 14.4 Å². The maximum atomic E-state index is 13.4. The number of methoxy groups -OCH3 is 1. The lowest BCUT2D eigenvalue weighted by Crippen LogP contribution is -2.28. The standard InChI is InChI=1S/C29H32N2O4/c1-19-16-23(10-11-25(19)20(2)32)21-6-8-22(9-7-21)29(33)31-13-12-24-17-27(34-5)28(18-26(24)31)35-15-14-30(3)4/h6-11,16-18H,12-15H2,1-5H3. The molecule has 6 heteroatoms. The van der Waals surface area contributed by atoms with Crippen molar-refractivity contribution in [3.05, 3.63) is 76.9 Å². The van der Waals surface area contributed by atoms with E-state index >= 15 is 0 Å². The predicted octanol–water partition coefficient (Wildman–Crippen LogP) is 5.02. The van der Waals surface area contributed by atoms with E-state index in [9.17, 15) is 9.59 Å². The number of benzene rings is 3. The quantitative estimate of drug-likeness (QED) is 0.431. The summed E-state index contributed by atoms with van der Waals surface area (Å²) in [7, 11) is 5.63. The van der Waals surface area contributed by atoms with Crippen LogP contribution in [0.4, 0.5) is 5.69 Å². The summed E-state index contributed by atoms with van der Waals surface area (Å²) in [6, 6.07) is 17.3. The fourth-order valence-corrected chi connectivity index (χ4v) is 4.42. The highest BCUT2D eigenvalue weighted by Gasteiger charge is 2.28. The highest BCUT2D eigenvalue weighted by atomic mass is 16.5. The van der Waals surface area contributed by atoms with E-state index in [1.54, 1.807) is 14.0 Å². The van der Waals surface area contributed by atoms with Crippen molar-refractivity contribution in [2.75, 3.05) is 45.8 Å². The van der Waals surface area contributed by atoms with Gasteiger partial charge in [-0.15, -0.1) is 0 Å². The number of hydrogen-bond donors (Lipinski definition) is 0. The van der Waals surface area contributed by atoms with E-state index in [4.69, 9.17) is 9.47 Å². The number of fused-ring (bicyclic) bond motifs is 1. The van der Waals surface area contributed by atoms with Gasteiger partial charge in [0.2, 0.25) is 0 Å². The number of hydrogen-bond acceptors (Lipinski definition) is 5. The first-order valence-corrected chi connectivity index (χ1v) is 11.8. The Kier molecular flexibility index (Phi) is 7.22. The number of aryl methyl sites for hydroxylation is 1. The molecule has 1 aliphatic heterocycles. The summed E-state index contributed by atoms with van der Waals surface area (Å²) in [5.41, 5.74) is 6.28. The third kappa shape index (κ3) is 5.23. The smallest absolute Gasteiger partial charge is 0.258 e. The van der Waals surface area contributed by atoms with Crippen LogP contribution in [0, 0.1) is 6.92 Å². The number of carbonyl (C=O) groups excluding carboxylic acids is 2. The Morgan fingerprint density at radius 3 is 2.31 bits per heavy atom. The average Bonchev–Trinajstić information content (AvgIpc) is 3.25. The minimum Gasteiger partial charge on any atom is -0.493 e. The molecule has 0 saturated carbocycles. The SMILES string of the molecule is COc1cc2c(cc1OCCN(C)C)N(C(=O)c1ccc(-c3ccc(C(C)=O)c(C)c3)cc1)CC2. The van der Waals surface area contributed by atoms with Gasteiger partial charge in [0, 0.05) is 30.3 Å². The zero-order valence-electron chi connectivity index (χ0n) is 21.1. The van der Waals surface area contributed by atoms with Crippen molar-refractivity contribution in [1.82, 2.24) is 4.90 Å². The summed E-state index contributed by atoms with van der Waals surface area (Å²) in [5.74, 6) is 1.35. The Morgan fingerprint density at radius 1 is 0.971 bits per heavy atom. The number of amides is 1. The largest absolute Gasteiger partial charge is 0.493 e.